The molecule has 0 amide bonds. The van der Waals surface area contributed by atoms with E-state index in [-0.39, 0.29) is 12.8 Å². The van der Waals surface area contributed by atoms with Crippen LogP contribution < -0.4 is 9.64 Å². The fourth-order valence-corrected chi connectivity index (χ4v) is 4.41. The summed E-state index contributed by atoms with van der Waals surface area (Å²) >= 11 is 6.05. The molecule has 0 atom stereocenters. The van der Waals surface area contributed by atoms with Crippen molar-refractivity contribution >= 4 is 17.4 Å². The third-order valence-corrected chi connectivity index (χ3v) is 5.73. The second-order valence-corrected chi connectivity index (χ2v) is 7.83. The summed E-state index contributed by atoms with van der Waals surface area (Å²) in [4.78, 5) is 6.31. The molecular formula is C19H18ClF3N2O2. The summed E-state index contributed by atoms with van der Waals surface area (Å²) in [5.41, 5.74) is -1.77. The number of anilines is 1. The monoisotopic (exact) mass is 398 g/mol. The van der Waals surface area contributed by atoms with E-state index in [0.29, 0.717) is 29.5 Å². The first kappa shape index (κ1) is 18.4. The third kappa shape index (κ3) is 2.93. The summed E-state index contributed by atoms with van der Waals surface area (Å²) in [5.74, 6) is 1.36. The minimum Gasteiger partial charge on any atom is -0.497 e. The lowest BCUT2D eigenvalue weighted by molar-refractivity contribution is -0.302. The lowest BCUT2D eigenvalue weighted by Crippen LogP contribution is -2.63. The molecule has 1 N–H and O–H groups in total. The molecule has 0 unspecified atom stereocenters. The van der Waals surface area contributed by atoms with Crippen molar-refractivity contribution in [3.8, 4) is 5.75 Å². The van der Waals surface area contributed by atoms with Crippen molar-refractivity contribution in [2.75, 3.05) is 18.6 Å². The average molecular weight is 399 g/mol. The van der Waals surface area contributed by atoms with Crippen LogP contribution >= 0.6 is 11.6 Å². The zero-order valence-electron chi connectivity index (χ0n) is 14.6. The molecule has 1 aromatic heterocycles. The van der Waals surface area contributed by atoms with Crippen LogP contribution in [0.5, 0.6) is 5.75 Å². The van der Waals surface area contributed by atoms with Gasteiger partial charge in [0.15, 0.2) is 5.60 Å². The van der Waals surface area contributed by atoms with Crippen molar-refractivity contribution in [2.24, 2.45) is 0 Å². The minimum atomic E-state index is -4.65. The van der Waals surface area contributed by atoms with Gasteiger partial charge < -0.3 is 14.7 Å². The van der Waals surface area contributed by atoms with Gasteiger partial charge in [-0.05, 0) is 36.6 Å². The second-order valence-electron chi connectivity index (χ2n) is 7.39. The Bertz CT molecular complexity index is 864. The molecule has 1 saturated carbocycles. The first-order chi connectivity index (χ1) is 12.7. The lowest BCUT2D eigenvalue weighted by atomic mass is 9.56. The molecular weight excluding hydrogens is 381 g/mol. The molecule has 0 saturated heterocycles. The third-order valence-electron chi connectivity index (χ3n) is 5.52. The summed E-state index contributed by atoms with van der Waals surface area (Å²) in [5, 5.41) is 10.4. The largest absolute Gasteiger partial charge is 0.497 e. The van der Waals surface area contributed by atoms with Crippen LogP contribution in [0.3, 0.4) is 0 Å². The number of alkyl halides is 3. The highest BCUT2D eigenvalue weighted by molar-refractivity contribution is 6.30. The molecule has 4 nitrogen and oxygen atoms in total. The minimum absolute atomic E-state index is 0.361. The molecule has 2 aromatic rings. The predicted molar refractivity (Wildman–Crippen MR) is 95.2 cm³/mol. The molecule has 1 aliphatic carbocycles. The number of pyridine rings is 1. The number of rotatable bonds is 3. The Morgan fingerprint density at radius 3 is 2.52 bits per heavy atom. The van der Waals surface area contributed by atoms with Gasteiger partial charge in [0.2, 0.25) is 0 Å². The Hall–Kier alpha value is -1.99. The van der Waals surface area contributed by atoms with Crippen LogP contribution in [-0.4, -0.2) is 35.5 Å². The van der Waals surface area contributed by atoms with Gasteiger partial charge in [0.1, 0.15) is 11.6 Å². The molecule has 1 aliphatic heterocycles. The molecule has 8 heteroatoms. The highest BCUT2D eigenvalue weighted by atomic mass is 35.5. The molecule has 144 valence electrons. The first-order valence-electron chi connectivity index (χ1n) is 8.49. The van der Waals surface area contributed by atoms with Gasteiger partial charge in [-0.1, -0.05) is 23.7 Å². The van der Waals surface area contributed by atoms with Crippen molar-refractivity contribution in [1.82, 2.24) is 4.98 Å². The molecule has 1 fully saturated rings. The van der Waals surface area contributed by atoms with Crippen molar-refractivity contribution in [1.29, 1.82) is 0 Å². The molecule has 1 aromatic carbocycles. The number of halogens is 4. The normalized spacial score (nSPS) is 26.8. The zero-order chi connectivity index (χ0) is 19.4. The number of aromatic nitrogens is 1. The van der Waals surface area contributed by atoms with E-state index in [2.05, 4.69) is 4.98 Å². The van der Waals surface area contributed by atoms with Crippen LogP contribution in [0.25, 0.3) is 0 Å². The predicted octanol–water partition coefficient (Wildman–Crippen LogP) is 4.09. The quantitative estimate of drug-likeness (QED) is 0.846. The highest BCUT2D eigenvalue weighted by Crippen LogP contribution is 2.61. The van der Waals surface area contributed by atoms with Crippen LogP contribution in [0.4, 0.5) is 19.0 Å². The van der Waals surface area contributed by atoms with Gasteiger partial charge in [-0.25, -0.2) is 4.98 Å². The lowest BCUT2D eigenvalue weighted by Gasteiger charge is -2.52. The van der Waals surface area contributed by atoms with Gasteiger partial charge in [0, 0.05) is 30.3 Å². The Morgan fingerprint density at radius 2 is 1.93 bits per heavy atom. The number of nitrogens with zero attached hydrogens (tertiary/aromatic N) is 2. The van der Waals surface area contributed by atoms with Crippen molar-refractivity contribution in [3.05, 3.63) is 52.7 Å². The second kappa shape index (κ2) is 6.01. The molecule has 4 rings (SSSR count). The van der Waals surface area contributed by atoms with E-state index in [1.807, 2.05) is 29.2 Å². The Balaban J connectivity index is 1.63. The van der Waals surface area contributed by atoms with Gasteiger partial charge in [0.25, 0.3) is 0 Å². The Labute approximate surface area is 159 Å². The van der Waals surface area contributed by atoms with E-state index in [9.17, 15) is 18.3 Å². The summed E-state index contributed by atoms with van der Waals surface area (Å²) in [6.07, 6.45) is -3.90. The number of aliphatic hydroxyl groups is 1. The number of methoxy groups -OCH3 is 1. The van der Waals surface area contributed by atoms with E-state index in [4.69, 9.17) is 16.3 Å². The highest BCUT2D eigenvalue weighted by Gasteiger charge is 2.69. The van der Waals surface area contributed by atoms with Crippen LogP contribution in [0.15, 0.2) is 36.5 Å². The summed E-state index contributed by atoms with van der Waals surface area (Å²) in [7, 11) is 1.58. The van der Waals surface area contributed by atoms with Crippen LogP contribution in [0.1, 0.15) is 24.0 Å². The van der Waals surface area contributed by atoms with E-state index in [1.54, 1.807) is 13.2 Å². The van der Waals surface area contributed by atoms with Crippen LogP contribution in [-0.2, 0) is 12.0 Å². The molecule has 2 aliphatic rings. The number of hydrogen-bond donors (Lipinski definition) is 1. The number of ether oxygens (including phenoxy) is 1. The fourth-order valence-electron chi connectivity index (χ4n) is 4.25. The zero-order valence-corrected chi connectivity index (χ0v) is 15.3. The standard InChI is InChI=1S/C19H18ClF3N2O2/c1-27-14-4-2-12(3-5-14)8-25-11-17(9-18(26,10-17)19(21,22)23)15-6-13(20)7-24-16(15)25/h2-7,26H,8-11H2,1H3. The van der Waals surface area contributed by atoms with E-state index >= 15 is 0 Å². The maximum atomic E-state index is 13.2. The summed E-state index contributed by atoms with van der Waals surface area (Å²) in [6.45, 7) is 0.859. The van der Waals surface area contributed by atoms with Crippen LogP contribution in [0, 0.1) is 0 Å². The number of hydrogen-bond acceptors (Lipinski definition) is 4. The number of fused-ring (bicyclic) bond motifs is 2. The van der Waals surface area contributed by atoms with Gasteiger partial charge in [0.05, 0.1) is 12.1 Å². The van der Waals surface area contributed by atoms with E-state index in [1.165, 1.54) is 6.20 Å². The topological polar surface area (TPSA) is 45.6 Å². The van der Waals surface area contributed by atoms with E-state index < -0.39 is 17.2 Å². The van der Waals surface area contributed by atoms with Crippen molar-refractivity contribution in [3.63, 3.8) is 0 Å². The molecule has 27 heavy (non-hydrogen) atoms. The number of benzene rings is 1. The Morgan fingerprint density at radius 1 is 1.26 bits per heavy atom. The van der Waals surface area contributed by atoms with Crippen molar-refractivity contribution < 1.29 is 23.0 Å². The van der Waals surface area contributed by atoms with E-state index in [0.717, 1.165) is 11.3 Å². The van der Waals surface area contributed by atoms with Gasteiger partial charge in [-0.3, -0.25) is 0 Å². The molecule has 0 radical (unpaired) electrons. The SMILES string of the molecule is COc1ccc(CN2CC3(CC(O)(C(F)(F)F)C3)c3cc(Cl)cnc32)cc1. The summed E-state index contributed by atoms with van der Waals surface area (Å²) < 4.78 is 44.7. The molecule has 0 bridgehead atoms. The first-order valence-corrected chi connectivity index (χ1v) is 8.87. The maximum absolute atomic E-state index is 13.2. The molecule has 2 heterocycles. The smallest absolute Gasteiger partial charge is 0.417 e. The molecule has 1 spiro atoms. The van der Waals surface area contributed by atoms with Crippen LogP contribution in [0.2, 0.25) is 5.02 Å². The van der Waals surface area contributed by atoms with Gasteiger partial charge in [-0.15, -0.1) is 0 Å². The van der Waals surface area contributed by atoms with Gasteiger partial charge >= 0.3 is 6.18 Å². The average Bonchev–Trinajstić information content (AvgIpc) is 2.88. The Kier molecular flexibility index (Phi) is 4.09. The summed E-state index contributed by atoms with van der Waals surface area (Å²) in [6, 6.07) is 9.17. The maximum Gasteiger partial charge on any atom is 0.417 e. The van der Waals surface area contributed by atoms with Gasteiger partial charge in [-0.2, -0.15) is 13.2 Å². The van der Waals surface area contributed by atoms with Crippen molar-refractivity contribution in [2.45, 2.75) is 36.6 Å². The fraction of sp³-hybridized carbons (Fsp3) is 0.421.